The molecule has 0 saturated carbocycles. The number of hydrogen-bond donors (Lipinski definition) is 0. The topological polar surface area (TPSA) is 35.5 Å². The quantitative estimate of drug-likeness (QED) is 0.560. The van der Waals surface area contributed by atoms with Gasteiger partial charge in [0.25, 0.3) is 0 Å². The van der Waals surface area contributed by atoms with Gasteiger partial charge in [-0.3, -0.25) is 0 Å². The molecule has 0 aromatic heterocycles. The van der Waals surface area contributed by atoms with Gasteiger partial charge in [0.15, 0.2) is 0 Å². The van der Waals surface area contributed by atoms with Gasteiger partial charge in [0, 0.05) is 6.08 Å². The molecule has 0 aliphatic carbocycles. The fraction of sp³-hybridized carbons (Fsp3) is 0.357. The van der Waals surface area contributed by atoms with Crippen LogP contribution in [0.4, 0.5) is 0 Å². The Morgan fingerprint density at radius 2 is 2.06 bits per heavy atom. The fourth-order valence-electron chi connectivity index (χ4n) is 1.30. The predicted octanol–water partition coefficient (Wildman–Crippen LogP) is 2.57. The lowest BCUT2D eigenvalue weighted by Gasteiger charge is -2.07. The first-order valence-electron chi connectivity index (χ1n) is 5.60. The molecule has 0 aliphatic heterocycles. The molecule has 1 aromatic carbocycles. The van der Waals surface area contributed by atoms with E-state index >= 15 is 0 Å². The first kappa shape index (κ1) is 13.5. The predicted molar refractivity (Wildman–Crippen MR) is 66.4 cm³/mol. The second-order valence-electron chi connectivity index (χ2n) is 3.86. The van der Waals surface area contributed by atoms with Crippen LogP contribution in [0, 0.1) is 5.92 Å². The zero-order valence-electron chi connectivity index (χ0n) is 10.3. The molecule has 0 spiro atoms. The maximum absolute atomic E-state index is 10.9. The van der Waals surface area contributed by atoms with Crippen LogP contribution in [0.3, 0.4) is 0 Å². The maximum atomic E-state index is 10.9. The molecule has 1 rings (SSSR count). The van der Waals surface area contributed by atoms with Gasteiger partial charge in [-0.2, -0.15) is 0 Å². The highest BCUT2D eigenvalue weighted by Gasteiger charge is 1.99. The third-order valence-electron chi connectivity index (χ3n) is 2.25. The van der Waals surface area contributed by atoms with Crippen molar-refractivity contribution in [2.75, 3.05) is 13.7 Å². The molecule has 17 heavy (non-hydrogen) atoms. The first-order valence-corrected chi connectivity index (χ1v) is 5.60. The van der Waals surface area contributed by atoms with E-state index in [2.05, 4.69) is 4.74 Å². The van der Waals surface area contributed by atoms with E-state index in [0.717, 1.165) is 5.56 Å². The molecule has 0 fully saturated rings. The molecule has 0 amide bonds. The summed E-state index contributed by atoms with van der Waals surface area (Å²) >= 11 is 0. The van der Waals surface area contributed by atoms with Gasteiger partial charge in [-0.15, -0.1) is 0 Å². The minimum absolute atomic E-state index is 0.192. The van der Waals surface area contributed by atoms with E-state index in [-0.39, 0.29) is 11.9 Å². The molecule has 0 saturated heterocycles. The summed E-state index contributed by atoms with van der Waals surface area (Å²) in [5, 5.41) is 0. The average Bonchev–Trinajstić information content (AvgIpc) is 2.37. The Morgan fingerprint density at radius 1 is 1.35 bits per heavy atom. The molecule has 0 bridgehead atoms. The zero-order chi connectivity index (χ0) is 12.5. The summed E-state index contributed by atoms with van der Waals surface area (Å²) in [7, 11) is 1.36. The van der Waals surface area contributed by atoms with Crippen molar-refractivity contribution in [2.45, 2.75) is 13.5 Å². The van der Waals surface area contributed by atoms with Crippen LogP contribution in [-0.2, 0) is 20.9 Å². The molecular formula is C14H18O3. The minimum Gasteiger partial charge on any atom is -0.466 e. The van der Waals surface area contributed by atoms with Crippen LogP contribution in [-0.4, -0.2) is 19.7 Å². The van der Waals surface area contributed by atoms with Gasteiger partial charge in [0.05, 0.1) is 20.3 Å². The molecule has 1 atom stereocenters. The smallest absolute Gasteiger partial charge is 0.330 e. The Hall–Kier alpha value is -1.61. The summed E-state index contributed by atoms with van der Waals surface area (Å²) in [5.74, 6) is -0.141. The lowest BCUT2D eigenvalue weighted by molar-refractivity contribution is -0.134. The van der Waals surface area contributed by atoms with Gasteiger partial charge in [0.1, 0.15) is 0 Å². The summed E-state index contributed by atoms with van der Waals surface area (Å²) in [5.41, 5.74) is 1.15. The van der Waals surface area contributed by atoms with Crippen LogP contribution in [0.25, 0.3) is 0 Å². The fourth-order valence-corrected chi connectivity index (χ4v) is 1.30. The molecule has 0 unspecified atom stereocenters. The van der Waals surface area contributed by atoms with E-state index in [4.69, 9.17) is 4.74 Å². The Morgan fingerprint density at radius 3 is 2.71 bits per heavy atom. The van der Waals surface area contributed by atoms with Gasteiger partial charge >= 0.3 is 5.97 Å². The molecule has 0 radical (unpaired) electrons. The monoisotopic (exact) mass is 234 g/mol. The largest absolute Gasteiger partial charge is 0.466 e. The Kier molecular flexibility index (Phi) is 6.04. The van der Waals surface area contributed by atoms with Crippen molar-refractivity contribution in [3.8, 4) is 0 Å². The van der Waals surface area contributed by atoms with Gasteiger partial charge < -0.3 is 9.47 Å². The number of carbonyl (C=O) groups excluding carboxylic acids is 1. The van der Waals surface area contributed by atoms with E-state index < -0.39 is 0 Å². The summed E-state index contributed by atoms with van der Waals surface area (Å²) in [4.78, 5) is 10.9. The molecular weight excluding hydrogens is 216 g/mol. The second kappa shape index (κ2) is 7.63. The van der Waals surface area contributed by atoms with Crippen LogP contribution in [0.15, 0.2) is 42.5 Å². The van der Waals surface area contributed by atoms with Gasteiger partial charge in [-0.05, 0) is 11.5 Å². The molecule has 0 aliphatic rings. The molecule has 0 N–H and O–H groups in total. The summed E-state index contributed by atoms with van der Waals surface area (Å²) in [6.07, 6.45) is 3.22. The highest BCUT2D eigenvalue weighted by atomic mass is 16.5. The lowest BCUT2D eigenvalue weighted by Crippen LogP contribution is -2.04. The number of benzene rings is 1. The number of carbonyl (C=O) groups is 1. The Labute approximate surface area is 102 Å². The van der Waals surface area contributed by atoms with Crippen molar-refractivity contribution < 1.29 is 14.3 Å². The van der Waals surface area contributed by atoms with Crippen LogP contribution in [0.1, 0.15) is 12.5 Å². The third-order valence-corrected chi connectivity index (χ3v) is 2.25. The maximum Gasteiger partial charge on any atom is 0.330 e. The van der Waals surface area contributed by atoms with Crippen molar-refractivity contribution in [2.24, 2.45) is 5.92 Å². The van der Waals surface area contributed by atoms with E-state index in [1.165, 1.54) is 13.2 Å². The van der Waals surface area contributed by atoms with Crippen LogP contribution < -0.4 is 0 Å². The van der Waals surface area contributed by atoms with Crippen molar-refractivity contribution in [1.29, 1.82) is 0 Å². The second-order valence-corrected chi connectivity index (χ2v) is 3.86. The Bertz CT molecular complexity index is 357. The molecule has 1 aromatic rings. The van der Waals surface area contributed by atoms with E-state index in [9.17, 15) is 4.79 Å². The van der Waals surface area contributed by atoms with Gasteiger partial charge in [-0.1, -0.05) is 43.3 Å². The average molecular weight is 234 g/mol. The SMILES string of the molecule is COC(=O)/C=C\[C@H](C)COCc1ccccc1. The van der Waals surface area contributed by atoms with E-state index in [0.29, 0.717) is 13.2 Å². The van der Waals surface area contributed by atoms with Crippen molar-refractivity contribution >= 4 is 5.97 Å². The Balaban J connectivity index is 2.22. The summed E-state index contributed by atoms with van der Waals surface area (Å²) in [6, 6.07) is 9.99. The summed E-state index contributed by atoms with van der Waals surface area (Å²) < 4.78 is 10.1. The highest BCUT2D eigenvalue weighted by molar-refractivity contribution is 5.81. The molecule has 3 nitrogen and oxygen atoms in total. The number of hydrogen-bond acceptors (Lipinski definition) is 3. The highest BCUT2D eigenvalue weighted by Crippen LogP contribution is 2.04. The number of esters is 1. The molecule has 3 heteroatoms. The van der Waals surface area contributed by atoms with Crippen LogP contribution in [0.2, 0.25) is 0 Å². The number of ether oxygens (including phenoxy) is 2. The standard InChI is InChI=1S/C14H18O3/c1-12(8-9-14(15)16-2)10-17-11-13-6-4-3-5-7-13/h3-9,12H,10-11H2,1-2H3/b9-8-/t12-/m0/s1. The van der Waals surface area contributed by atoms with Gasteiger partial charge in [0.2, 0.25) is 0 Å². The number of rotatable bonds is 6. The van der Waals surface area contributed by atoms with Gasteiger partial charge in [-0.25, -0.2) is 4.79 Å². The summed E-state index contributed by atoms with van der Waals surface area (Å²) in [6.45, 7) is 3.17. The third kappa shape index (κ3) is 5.88. The van der Waals surface area contributed by atoms with Crippen molar-refractivity contribution in [3.05, 3.63) is 48.0 Å². The molecule has 92 valence electrons. The van der Waals surface area contributed by atoms with E-state index in [1.807, 2.05) is 37.3 Å². The normalized spacial score (nSPS) is 12.6. The van der Waals surface area contributed by atoms with Crippen molar-refractivity contribution in [3.63, 3.8) is 0 Å². The van der Waals surface area contributed by atoms with Crippen LogP contribution >= 0.6 is 0 Å². The van der Waals surface area contributed by atoms with Crippen LogP contribution in [0.5, 0.6) is 0 Å². The van der Waals surface area contributed by atoms with E-state index in [1.54, 1.807) is 6.08 Å². The molecule has 0 heterocycles. The minimum atomic E-state index is -0.333. The zero-order valence-corrected chi connectivity index (χ0v) is 10.3. The number of methoxy groups -OCH3 is 1. The first-order chi connectivity index (χ1) is 8.22. The lowest BCUT2D eigenvalue weighted by atomic mass is 10.2. The van der Waals surface area contributed by atoms with Crippen molar-refractivity contribution in [1.82, 2.24) is 0 Å².